The first-order valence-corrected chi connectivity index (χ1v) is 12.1. The first-order valence-electron chi connectivity index (χ1n) is 11.4. The van der Waals surface area contributed by atoms with Gasteiger partial charge in [0.05, 0.1) is 16.2 Å². The number of hydrogen-bond donors (Lipinski definition) is 3. The molecule has 1 fully saturated rings. The van der Waals surface area contributed by atoms with E-state index in [1.165, 1.54) is 18.2 Å². The minimum Gasteiger partial charge on any atom is -0.478 e. The van der Waals surface area contributed by atoms with Crippen LogP contribution in [0.25, 0.3) is 0 Å². The van der Waals surface area contributed by atoms with Crippen LogP contribution in [0.4, 0.5) is 0 Å². The van der Waals surface area contributed by atoms with Crippen LogP contribution >= 0.6 is 23.2 Å². The van der Waals surface area contributed by atoms with Crippen molar-refractivity contribution in [3.63, 3.8) is 0 Å². The van der Waals surface area contributed by atoms with Crippen LogP contribution in [0.2, 0.25) is 10.0 Å². The number of carboxylic acid groups (broad SMARTS) is 1. The molecule has 3 rings (SSSR count). The minimum atomic E-state index is -1.25. The molecule has 9 heteroatoms. The Bertz CT molecular complexity index is 1130. The standard InChI is InChI=1S/C26H30Cl2N2O5/c1-15(2)21(29-22(31)16-5-10-20(28)19(13-16)24(33)34)23(32)30-12-11-26(35,25(3,4)14-30)17-6-8-18(27)9-7-17/h5-10,13,15,21,35H,11-12,14H2,1-4H3,(H,29,31)(H,33,34)/t21-,26+/m1/s1. The summed E-state index contributed by atoms with van der Waals surface area (Å²) in [6.45, 7) is 8.06. The Labute approximate surface area is 215 Å². The zero-order valence-corrected chi connectivity index (χ0v) is 21.7. The van der Waals surface area contributed by atoms with E-state index < -0.39 is 28.9 Å². The molecule has 0 radical (unpaired) electrons. The van der Waals surface area contributed by atoms with Gasteiger partial charge in [-0.05, 0) is 48.2 Å². The Morgan fingerprint density at radius 3 is 2.23 bits per heavy atom. The molecule has 0 unspecified atom stereocenters. The van der Waals surface area contributed by atoms with Crippen molar-refractivity contribution in [2.75, 3.05) is 13.1 Å². The molecular weight excluding hydrogens is 491 g/mol. The normalized spacial score (nSPS) is 20.4. The lowest BCUT2D eigenvalue weighted by Gasteiger charge is -2.51. The average Bonchev–Trinajstić information content (AvgIpc) is 2.78. The summed E-state index contributed by atoms with van der Waals surface area (Å²) >= 11 is 11.9. The second kappa shape index (κ2) is 10.2. The number of hydrogen-bond acceptors (Lipinski definition) is 4. The molecule has 2 aromatic carbocycles. The molecule has 0 aromatic heterocycles. The fourth-order valence-corrected chi connectivity index (χ4v) is 4.86. The van der Waals surface area contributed by atoms with Gasteiger partial charge in [0.2, 0.25) is 5.91 Å². The van der Waals surface area contributed by atoms with E-state index in [0.717, 1.165) is 5.56 Å². The van der Waals surface area contributed by atoms with Gasteiger partial charge in [0.1, 0.15) is 6.04 Å². The maximum atomic E-state index is 13.5. The SMILES string of the molecule is CC(C)[C@@H](NC(=O)c1ccc(Cl)c(C(=O)O)c1)C(=O)N1CC[C@](O)(c2ccc(Cl)cc2)C(C)(C)C1. The predicted molar refractivity (Wildman–Crippen MR) is 135 cm³/mol. The summed E-state index contributed by atoms with van der Waals surface area (Å²) in [6.07, 6.45) is 0.325. The number of carbonyl (C=O) groups is 3. The van der Waals surface area contributed by atoms with Crippen molar-refractivity contribution < 1.29 is 24.6 Å². The number of piperidine rings is 1. The molecule has 7 nitrogen and oxygen atoms in total. The predicted octanol–water partition coefficient (Wildman–Crippen LogP) is 4.59. The topological polar surface area (TPSA) is 107 Å². The molecule has 0 saturated carbocycles. The van der Waals surface area contributed by atoms with Crippen molar-refractivity contribution >= 4 is 41.0 Å². The lowest BCUT2D eigenvalue weighted by molar-refractivity contribution is -0.155. The lowest BCUT2D eigenvalue weighted by atomic mass is 9.66. The molecule has 0 bridgehead atoms. The first-order chi connectivity index (χ1) is 16.3. The monoisotopic (exact) mass is 520 g/mol. The van der Waals surface area contributed by atoms with Gasteiger partial charge in [-0.15, -0.1) is 0 Å². The molecule has 0 aliphatic carbocycles. The van der Waals surface area contributed by atoms with E-state index >= 15 is 0 Å². The highest BCUT2D eigenvalue weighted by atomic mass is 35.5. The largest absolute Gasteiger partial charge is 0.478 e. The zero-order valence-electron chi connectivity index (χ0n) is 20.1. The Kier molecular flexibility index (Phi) is 7.84. The third-order valence-corrected chi connectivity index (χ3v) is 7.34. The molecule has 188 valence electrons. The van der Waals surface area contributed by atoms with Gasteiger partial charge in [0, 0.05) is 29.1 Å². The molecule has 2 aromatic rings. The van der Waals surface area contributed by atoms with Gasteiger partial charge in [0.15, 0.2) is 0 Å². The van der Waals surface area contributed by atoms with E-state index in [1.807, 2.05) is 27.7 Å². The van der Waals surface area contributed by atoms with Crippen LogP contribution in [0.15, 0.2) is 42.5 Å². The Balaban J connectivity index is 1.79. The van der Waals surface area contributed by atoms with E-state index in [4.69, 9.17) is 23.2 Å². The summed E-state index contributed by atoms with van der Waals surface area (Å²) in [4.78, 5) is 39.5. The minimum absolute atomic E-state index is 0.0225. The van der Waals surface area contributed by atoms with Gasteiger partial charge >= 0.3 is 5.97 Å². The van der Waals surface area contributed by atoms with Crippen molar-refractivity contribution in [1.82, 2.24) is 10.2 Å². The molecule has 35 heavy (non-hydrogen) atoms. The molecule has 1 saturated heterocycles. The molecular formula is C26H30Cl2N2O5. The van der Waals surface area contributed by atoms with Crippen LogP contribution in [0.3, 0.4) is 0 Å². The van der Waals surface area contributed by atoms with Crippen LogP contribution in [-0.2, 0) is 10.4 Å². The highest BCUT2D eigenvalue weighted by Gasteiger charge is 2.50. The number of rotatable bonds is 6. The van der Waals surface area contributed by atoms with Crippen molar-refractivity contribution in [1.29, 1.82) is 0 Å². The fourth-order valence-electron chi connectivity index (χ4n) is 4.54. The zero-order chi connectivity index (χ0) is 26.1. The number of halogens is 2. The Morgan fingerprint density at radius 2 is 1.69 bits per heavy atom. The Morgan fingerprint density at radius 1 is 1.06 bits per heavy atom. The van der Waals surface area contributed by atoms with Crippen LogP contribution in [-0.4, -0.2) is 52.0 Å². The maximum Gasteiger partial charge on any atom is 0.337 e. The maximum absolute atomic E-state index is 13.5. The third kappa shape index (κ3) is 5.47. The Hall–Kier alpha value is -2.61. The van der Waals surface area contributed by atoms with Gasteiger partial charge < -0.3 is 20.4 Å². The van der Waals surface area contributed by atoms with Crippen LogP contribution < -0.4 is 5.32 Å². The summed E-state index contributed by atoms with van der Waals surface area (Å²) in [6, 6.07) is 10.2. The fraction of sp³-hybridized carbons (Fsp3) is 0.423. The third-order valence-electron chi connectivity index (χ3n) is 6.76. The smallest absolute Gasteiger partial charge is 0.337 e. The van der Waals surface area contributed by atoms with Crippen LogP contribution in [0.1, 0.15) is 60.4 Å². The summed E-state index contributed by atoms with van der Waals surface area (Å²) in [5.74, 6) is -2.29. The molecule has 2 atom stereocenters. The number of amides is 2. The molecule has 3 N–H and O–H groups in total. The van der Waals surface area contributed by atoms with Crippen molar-refractivity contribution in [3.05, 3.63) is 69.2 Å². The van der Waals surface area contributed by atoms with Gasteiger partial charge in [0.25, 0.3) is 5.91 Å². The lowest BCUT2D eigenvalue weighted by Crippen LogP contribution is -2.60. The number of aromatic carboxylic acids is 1. The number of likely N-dealkylation sites (tertiary alicyclic amines) is 1. The second-order valence-corrected chi connectivity index (χ2v) is 10.8. The van der Waals surface area contributed by atoms with E-state index in [9.17, 15) is 24.6 Å². The van der Waals surface area contributed by atoms with Gasteiger partial charge in [-0.3, -0.25) is 9.59 Å². The number of nitrogens with one attached hydrogen (secondary N) is 1. The van der Waals surface area contributed by atoms with Crippen LogP contribution in [0, 0.1) is 11.3 Å². The highest BCUT2D eigenvalue weighted by Crippen LogP contribution is 2.46. The van der Waals surface area contributed by atoms with Crippen molar-refractivity contribution in [2.24, 2.45) is 11.3 Å². The number of carboxylic acids is 1. The first kappa shape index (κ1) is 27.0. The molecule has 1 aliphatic rings. The van der Waals surface area contributed by atoms with Gasteiger partial charge in [-0.1, -0.05) is 63.0 Å². The summed E-state index contributed by atoms with van der Waals surface area (Å²) in [5.41, 5.74) is -1.18. The van der Waals surface area contributed by atoms with E-state index in [2.05, 4.69) is 5.32 Å². The average molecular weight is 521 g/mol. The molecule has 1 heterocycles. The summed E-state index contributed by atoms with van der Waals surface area (Å²) in [5, 5.41) is 24.2. The molecule has 2 amide bonds. The quantitative estimate of drug-likeness (QED) is 0.516. The van der Waals surface area contributed by atoms with Gasteiger partial charge in [-0.25, -0.2) is 4.79 Å². The highest BCUT2D eigenvalue weighted by molar-refractivity contribution is 6.33. The molecule has 0 spiro atoms. The summed E-state index contributed by atoms with van der Waals surface area (Å²) < 4.78 is 0. The second-order valence-electron chi connectivity index (χ2n) is 9.96. The number of benzene rings is 2. The van der Waals surface area contributed by atoms with E-state index in [-0.39, 0.29) is 34.5 Å². The van der Waals surface area contributed by atoms with Crippen molar-refractivity contribution in [3.8, 4) is 0 Å². The number of carbonyl (C=O) groups excluding carboxylic acids is 2. The number of aliphatic hydroxyl groups is 1. The van der Waals surface area contributed by atoms with E-state index in [0.29, 0.717) is 18.0 Å². The van der Waals surface area contributed by atoms with Crippen molar-refractivity contribution in [2.45, 2.75) is 45.8 Å². The molecule has 1 aliphatic heterocycles. The van der Waals surface area contributed by atoms with Crippen LogP contribution in [0.5, 0.6) is 0 Å². The van der Waals surface area contributed by atoms with Gasteiger partial charge in [-0.2, -0.15) is 0 Å². The van der Waals surface area contributed by atoms with E-state index in [1.54, 1.807) is 29.2 Å². The summed E-state index contributed by atoms with van der Waals surface area (Å²) in [7, 11) is 0. The number of nitrogens with zero attached hydrogens (tertiary/aromatic N) is 1.